The fourth-order valence-electron chi connectivity index (χ4n) is 5.05. The van der Waals surface area contributed by atoms with Crippen molar-refractivity contribution in [3.63, 3.8) is 0 Å². The third-order valence-electron chi connectivity index (χ3n) is 6.48. The summed E-state index contributed by atoms with van der Waals surface area (Å²) in [5.74, 6) is -1.32. The van der Waals surface area contributed by atoms with Crippen LogP contribution >= 0.6 is 0 Å². The fraction of sp³-hybridized carbons (Fsp3) is 0.500. The van der Waals surface area contributed by atoms with E-state index in [0.717, 1.165) is 43.3 Å². The van der Waals surface area contributed by atoms with E-state index in [2.05, 4.69) is 4.90 Å². The lowest BCUT2D eigenvalue weighted by molar-refractivity contribution is 0.0695. The Labute approximate surface area is 155 Å². The molecule has 3 heterocycles. The molecule has 2 aromatic rings. The lowest BCUT2D eigenvalue weighted by atomic mass is 9.88. The van der Waals surface area contributed by atoms with Crippen LogP contribution in [0.25, 0.3) is 10.9 Å². The molecule has 2 atom stereocenters. The van der Waals surface area contributed by atoms with Crippen molar-refractivity contribution in [3.8, 4) is 0 Å². The van der Waals surface area contributed by atoms with Crippen molar-refractivity contribution in [2.24, 2.45) is 11.7 Å². The summed E-state index contributed by atoms with van der Waals surface area (Å²) in [6.07, 6.45) is 5.87. The number of benzene rings is 1. The standard InChI is InChI=1S/C20H22FN3O3/c21-15-7-13-17(24(11-1-2-11)9-14(19(13)25)20(26)27)12-3-4-16-10(8-22)5-6-23(16)18(12)15/h7,9-11,16H,1-6,8,22H2,(H,26,27). The molecular formula is C20H22FN3O3. The molecule has 3 aliphatic rings. The first-order valence-corrected chi connectivity index (χ1v) is 9.61. The van der Waals surface area contributed by atoms with Crippen LogP contribution in [0.5, 0.6) is 0 Å². The maximum atomic E-state index is 15.2. The Morgan fingerprint density at radius 1 is 1.30 bits per heavy atom. The fourth-order valence-corrected chi connectivity index (χ4v) is 5.05. The maximum absolute atomic E-state index is 15.2. The molecule has 0 amide bonds. The number of carboxylic acids is 1. The van der Waals surface area contributed by atoms with Crippen molar-refractivity contribution in [2.45, 2.75) is 44.2 Å². The van der Waals surface area contributed by atoms with Gasteiger partial charge in [0.25, 0.3) is 0 Å². The Morgan fingerprint density at radius 2 is 2.07 bits per heavy atom. The molecule has 27 heavy (non-hydrogen) atoms. The first kappa shape index (κ1) is 16.7. The van der Waals surface area contributed by atoms with Gasteiger partial charge in [-0.3, -0.25) is 4.79 Å². The Hall–Kier alpha value is -2.41. The molecule has 1 saturated carbocycles. The van der Waals surface area contributed by atoms with Gasteiger partial charge in [-0.25, -0.2) is 9.18 Å². The van der Waals surface area contributed by atoms with Gasteiger partial charge < -0.3 is 20.3 Å². The number of anilines is 1. The molecule has 1 aromatic heterocycles. The number of rotatable bonds is 3. The molecule has 0 bridgehead atoms. The molecule has 1 aliphatic carbocycles. The number of fused-ring (bicyclic) bond motifs is 5. The van der Waals surface area contributed by atoms with Gasteiger partial charge in [0.1, 0.15) is 11.4 Å². The van der Waals surface area contributed by atoms with E-state index in [1.807, 2.05) is 4.57 Å². The summed E-state index contributed by atoms with van der Waals surface area (Å²) < 4.78 is 17.1. The SMILES string of the molecule is NCC1CCN2c3c(F)cc4c(=O)c(C(=O)O)cn(C5CC5)c4c3CCC12. The van der Waals surface area contributed by atoms with E-state index in [1.165, 1.54) is 12.3 Å². The monoisotopic (exact) mass is 371 g/mol. The van der Waals surface area contributed by atoms with Crippen LogP contribution in [-0.4, -0.2) is 34.8 Å². The summed E-state index contributed by atoms with van der Waals surface area (Å²) in [5.41, 5.74) is 7.18. The zero-order valence-electron chi connectivity index (χ0n) is 14.9. The first-order valence-electron chi connectivity index (χ1n) is 9.61. The third-order valence-corrected chi connectivity index (χ3v) is 6.48. The van der Waals surface area contributed by atoms with Crippen LogP contribution in [0.3, 0.4) is 0 Å². The first-order chi connectivity index (χ1) is 13.0. The highest BCUT2D eigenvalue weighted by Gasteiger charge is 2.40. The summed E-state index contributed by atoms with van der Waals surface area (Å²) in [7, 11) is 0. The highest BCUT2D eigenvalue weighted by Crippen LogP contribution is 2.45. The molecule has 6 nitrogen and oxygen atoms in total. The van der Waals surface area contributed by atoms with Crippen LogP contribution in [-0.2, 0) is 6.42 Å². The minimum Gasteiger partial charge on any atom is -0.477 e. The van der Waals surface area contributed by atoms with Gasteiger partial charge in [-0.15, -0.1) is 0 Å². The Bertz CT molecular complexity index is 1030. The van der Waals surface area contributed by atoms with E-state index < -0.39 is 17.2 Å². The molecule has 2 unspecified atom stereocenters. The van der Waals surface area contributed by atoms with Crippen LogP contribution < -0.4 is 16.1 Å². The summed E-state index contributed by atoms with van der Waals surface area (Å²) in [6.45, 7) is 1.36. The van der Waals surface area contributed by atoms with E-state index in [4.69, 9.17) is 5.73 Å². The van der Waals surface area contributed by atoms with Crippen molar-refractivity contribution in [1.29, 1.82) is 0 Å². The topological polar surface area (TPSA) is 88.6 Å². The molecule has 2 aliphatic heterocycles. The largest absolute Gasteiger partial charge is 0.477 e. The van der Waals surface area contributed by atoms with Gasteiger partial charge in [0, 0.05) is 35.8 Å². The number of halogens is 1. The zero-order valence-corrected chi connectivity index (χ0v) is 14.9. The number of hydrogen-bond acceptors (Lipinski definition) is 4. The van der Waals surface area contributed by atoms with Crippen molar-refractivity contribution in [1.82, 2.24) is 4.57 Å². The lowest BCUT2D eigenvalue weighted by Gasteiger charge is -2.37. The predicted molar refractivity (Wildman–Crippen MR) is 100 cm³/mol. The van der Waals surface area contributed by atoms with E-state index in [-0.39, 0.29) is 23.0 Å². The molecule has 0 spiro atoms. The van der Waals surface area contributed by atoms with E-state index in [9.17, 15) is 14.7 Å². The van der Waals surface area contributed by atoms with Crippen LogP contribution in [0.1, 0.15) is 47.6 Å². The quantitative estimate of drug-likeness (QED) is 0.864. The smallest absolute Gasteiger partial charge is 0.341 e. The van der Waals surface area contributed by atoms with Crippen molar-refractivity contribution in [2.75, 3.05) is 18.0 Å². The maximum Gasteiger partial charge on any atom is 0.341 e. The minimum atomic E-state index is -1.26. The molecule has 5 rings (SSSR count). The van der Waals surface area contributed by atoms with Gasteiger partial charge in [-0.1, -0.05) is 0 Å². The van der Waals surface area contributed by atoms with Gasteiger partial charge in [-0.05, 0) is 50.6 Å². The molecule has 142 valence electrons. The van der Waals surface area contributed by atoms with E-state index in [0.29, 0.717) is 24.6 Å². The van der Waals surface area contributed by atoms with Crippen molar-refractivity contribution < 1.29 is 14.3 Å². The lowest BCUT2D eigenvalue weighted by Crippen LogP contribution is -2.40. The molecule has 3 N–H and O–H groups in total. The number of nitrogens with zero attached hydrogens (tertiary/aromatic N) is 2. The second-order valence-corrected chi connectivity index (χ2v) is 7.98. The van der Waals surface area contributed by atoms with Gasteiger partial charge in [0.2, 0.25) is 5.43 Å². The molecule has 2 fully saturated rings. The second-order valence-electron chi connectivity index (χ2n) is 7.98. The van der Waals surface area contributed by atoms with Crippen LogP contribution in [0.2, 0.25) is 0 Å². The average Bonchev–Trinajstić information content (AvgIpc) is 3.40. The predicted octanol–water partition coefficient (Wildman–Crippen LogP) is 2.27. The normalized spacial score (nSPS) is 24.1. The number of carboxylic acid groups (broad SMARTS) is 1. The molecule has 1 aromatic carbocycles. The van der Waals surface area contributed by atoms with Crippen LogP contribution in [0.15, 0.2) is 17.1 Å². The van der Waals surface area contributed by atoms with E-state index in [1.54, 1.807) is 0 Å². The minimum absolute atomic E-state index is 0.186. The zero-order chi connectivity index (χ0) is 18.9. The van der Waals surface area contributed by atoms with Gasteiger partial charge in [0.05, 0.1) is 11.2 Å². The molecule has 0 radical (unpaired) electrons. The summed E-state index contributed by atoms with van der Waals surface area (Å²) >= 11 is 0. The number of aromatic nitrogens is 1. The second kappa shape index (κ2) is 5.79. The van der Waals surface area contributed by atoms with Crippen molar-refractivity contribution >= 4 is 22.6 Å². The number of hydrogen-bond donors (Lipinski definition) is 2. The number of nitrogens with two attached hydrogens (primary N) is 1. The van der Waals surface area contributed by atoms with Crippen LogP contribution in [0.4, 0.5) is 10.1 Å². The molecular weight excluding hydrogens is 349 g/mol. The van der Waals surface area contributed by atoms with Crippen LogP contribution in [0, 0.1) is 11.7 Å². The summed E-state index contributed by atoms with van der Waals surface area (Å²) in [5, 5.41) is 9.60. The third kappa shape index (κ3) is 2.34. The molecule has 7 heteroatoms. The highest BCUT2D eigenvalue weighted by atomic mass is 19.1. The van der Waals surface area contributed by atoms with E-state index >= 15 is 4.39 Å². The Morgan fingerprint density at radius 3 is 2.74 bits per heavy atom. The number of pyridine rings is 1. The molecule has 1 saturated heterocycles. The number of aromatic carboxylic acids is 1. The Kier molecular flexibility index (Phi) is 3.59. The van der Waals surface area contributed by atoms with Gasteiger partial charge in [-0.2, -0.15) is 0 Å². The average molecular weight is 371 g/mol. The summed E-state index contributed by atoms with van der Waals surface area (Å²) in [6, 6.07) is 1.68. The van der Waals surface area contributed by atoms with Gasteiger partial charge in [0.15, 0.2) is 0 Å². The number of carbonyl (C=O) groups is 1. The van der Waals surface area contributed by atoms with Gasteiger partial charge >= 0.3 is 5.97 Å². The number of aryl methyl sites for hydroxylation is 1. The Balaban J connectivity index is 1.81. The van der Waals surface area contributed by atoms with Crippen molar-refractivity contribution in [3.05, 3.63) is 39.4 Å². The highest BCUT2D eigenvalue weighted by molar-refractivity contribution is 5.95. The summed E-state index contributed by atoms with van der Waals surface area (Å²) in [4.78, 5) is 26.4.